The third-order valence-electron chi connectivity index (χ3n) is 18.4. The number of Topliss-reactive ketones (excluding diaryl/α,β-unsaturated/α-hetero) is 1. The van der Waals surface area contributed by atoms with Crippen LogP contribution in [-0.4, -0.2) is 241 Å². The molecule has 5 heterocycles. The van der Waals surface area contributed by atoms with E-state index in [1.54, 1.807) is 13.8 Å². The van der Waals surface area contributed by atoms with Crippen molar-refractivity contribution in [1.82, 2.24) is 40.6 Å². The molecule has 2 aromatic heterocycles. The van der Waals surface area contributed by atoms with E-state index in [1.165, 1.54) is 32.3 Å². The third-order valence-corrected chi connectivity index (χ3v) is 18.4. The number of carbonyl (C=O) groups is 4. The van der Waals surface area contributed by atoms with E-state index in [4.69, 9.17) is 33.2 Å². The Morgan fingerprint density at radius 1 is 0.674 bits per heavy atom. The summed E-state index contributed by atoms with van der Waals surface area (Å²) in [5, 5.41) is 132. The summed E-state index contributed by atoms with van der Waals surface area (Å²) in [5.74, 6) is -12.6. The lowest BCUT2D eigenvalue weighted by Gasteiger charge is -2.49. The molecule has 5 aliphatic rings. The van der Waals surface area contributed by atoms with E-state index in [0.29, 0.717) is 25.0 Å². The number of nitrogens with one attached hydrogen (secondary N) is 2. The number of ketones is 1. The monoisotopic (exact) mass is 1360 g/mol. The van der Waals surface area contributed by atoms with Gasteiger partial charge in [0.1, 0.15) is 90.3 Å². The average Bonchev–Trinajstić information content (AvgIpc) is 1.66. The molecule has 2 saturated carbocycles. The summed E-state index contributed by atoms with van der Waals surface area (Å²) >= 11 is 0. The van der Waals surface area contributed by atoms with Crippen LogP contribution in [0.25, 0.3) is 22.5 Å². The van der Waals surface area contributed by atoms with Gasteiger partial charge in [0.05, 0.1) is 56.1 Å². The van der Waals surface area contributed by atoms with Crippen molar-refractivity contribution >= 4 is 23.6 Å². The molecule has 0 spiro atoms. The highest BCUT2D eigenvalue weighted by atomic mass is 19.2. The molecule has 0 bridgehead atoms. The van der Waals surface area contributed by atoms with Crippen LogP contribution in [0.2, 0.25) is 0 Å². The van der Waals surface area contributed by atoms with E-state index >= 15 is 0 Å². The first-order chi connectivity index (χ1) is 45.2. The van der Waals surface area contributed by atoms with E-state index in [0.717, 1.165) is 22.4 Å². The predicted octanol–water partition coefficient (Wildman–Crippen LogP) is 0.306. The number of hydrogen-bond acceptors (Lipinski definition) is 24. The molecule has 12 N–H and O–H groups in total. The van der Waals surface area contributed by atoms with Gasteiger partial charge in [-0.25, -0.2) is 36.1 Å². The van der Waals surface area contributed by atoms with Crippen molar-refractivity contribution in [1.29, 1.82) is 0 Å². The largest absolute Gasteiger partial charge is 0.479 e. The maximum absolute atomic E-state index is 14.5. The van der Waals surface area contributed by atoms with Crippen molar-refractivity contribution in [3.8, 4) is 22.5 Å². The van der Waals surface area contributed by atoms with Crippen LogP contribution >= 0.6 is 0 Å². The lowest BCUT2D eigenvalue weighted by atomic mass is 9.74. The number of benzene rings is 2. The number of aliphatic hydroxyl groups is 9. The number of hydrogen-bond donors (Lipinski definition) is 12. The van der Waals surface area contributed by atoms with E-state index in [-0.39, 0.29) is 85.4 Å². The zero-order chi connectivity index (χ0) is 69.0. The molecule has 29 nitrogen and oxygen atoms in total. The number of aromatic nitrogens is 6. The first-order valence-electron chi connectivity index (χ1n) is 31.5. The molecule has 2 aliphatic carbocycles. The molecule has 10 unspecified atom stereocenters. The van der Waals surface area contributed by atoms with Gasteiger partial charge in [-0.05, 0) is 88.1 Å². The topological polar surface area (TPSA) is 421 Å². The number of aliphatic carboxylic acids is 1. The van der Waals surface area contributed by atoms with Gasteiger partial charge in [-0.15, -0.1) is 10.2 Å². The zero-order valence-corrected chi connectivity index (χ0v) is 52.3. The number of halogens is 5. The van der Waals surface area contributed by atoms with Crippen LogP contribution in [0.15, 0.2) is 36.7 Å². The molecule has 3 aliphatic heterocycles. The quantitative estimate of drug-likeness (QED) is 0.0241. The summed E-state index contributed by atoms with van der Waals surface area (Å²) in [6.45, 7) is 5.59. The Balaban J connectivity index is 0.931. The average molecular weight is 1360 g/mol. The summed E-state index contributed by atoms with van der Waals surface area (Å²) < 4.78 is 117. The minimum absolute atomic E-state index is 0.00354. The minimum Gasteiger partial charge on any atom is -0.479 e. The highest BCUT2D eigenvalue weighted by molar-refractivity contribution is 5.82. The number of nitrogens with zero attached hydrogens (tertiary/aromatic N) is 6. The number of aryl methyl sites for hydroxylation is 1. The third kappa shape index (κ3) is 16.2. The maximum Gasteiger partial charge on any atom is 0.332 e. The zero-order valence-electron chi connectivity index (χ0n) is 52.3. The predicted molar refractivity (Wildman–Crippen MR) is 311 cm³/mol. The van der Waals surface area contributed by atoms with Crippen LogP contribution in [0.5, 0.6) is 0 Å². The van der Waals surface area contributed by atoms with E-state index in [9.17, 15) is 92.2 Å². The van der Waals surface area contributed by atoms with Crippen molar-refractivity contribution in [2.45, 2.75) is 221 Å². The van der Waals surface area contributed by atoms with Crippen LogP contribution in [0.4, 0.5) is 22.0 Å². The van der Waals surface area contributed by atoms with Crippen LogP contribution in [0.3, 0.4) is 0 Å². The Hall–Kier alpha value is -6.19. The number of carbonyl (C=O) groups excluding carboxylic acids is 3. The fourth-order valence-electron chi connectivity index (χ4n) is 13.2. The fourth-order valence-corrected chi connectivity index (χ4v) is 13.2. The number of carboxylic acid groups (broad SMARTS) is 1. The standard InChI is InChI=1S/C61H81F5N8O21/c1-6-9-39(58(87)88)90-56-46(68-26(5)77)59(93-43(23-76)51(56)82)92-41-18-30(13-27(7-2)55(41)95-61-54(85)53(84)48(79)25(4)89-61)38(78)10-8-11-67-57(86)31-17-37(73-20-35(69-71-73)29-15-33(63)45(66)34(64)16-29)49(80)40(19-31)91-60-52(83)47(50(81)42(22-75)94-60)74-21-36(70-72-74)28-12-24(3)44(65)32(62)14-28/h12,14-16,20-21,25,27,30-31,37,39-43,46-56,59-61,75-76,79-85H,6-11,13,17-19,22-23H2,1-5H3,(H,67,86)(H,68,77)(H,87,88)/t25?,27-,30?,31+,37?,39+,40-,41-,42?,43+,46?,47-,48-,49?,50+,51+,52?,53+,54?,55?,56?,59-,60-,61+/m1/s1. The molecular weight excluding hydrogens is 1280 g/mol. The first-order valence-corrected chi connectivity index (χ1v) is 31.5. The van der Waals surface area contributed by atoms with Crippen molar-refractivity contribution in [3.05, 3.63) is 71.3 Å². The number of rotatable bonds is 25. The van der Waals surface area contributed by atoms with Crippen LogP contribution < -0.4 is 10.6 Å². The van der Waals surface area contributed by atoms with Gasteiger partial charge in [-0.3, -0.25) is 14.4 Å². The number of carboxylic acids is 1. The highest BCUT2D eigenvalue weighted by Crippen LogP contribution is 2.42. The molecule has 2 amide bonds. The van der Waals surface area contributed by atoms with E-state index in [1.807, 2.05) is 0 Å². The second-order valence-corrected chi connectivity index (χ2v) is 24.9. The van der Waals surface area contributed by atoms with Gasteiger partial charge in [0.25, 0.3) is 0 Å². The molecule has 2 aromatic carbocycles. The lowest BCUT2D eigenvalue weighted by molar-refractivity contribution is -0.338. The van der Waals surface area contributed by atoms with Gasteiger partial charge in [-0.1, -0.05) is 37.1 Å². The molecule has 5 fully saturated rings. The van der Waals surface area contributed by atoms with Crippen LogP contribution in [-0.2, 0) is 52.3 Å². The summed E-state index contributed by atoms with van der Waals surface area (Å²) in [5.41, 5.74) is -0.388. The Kier molecular flexibility index (Phi) is 24.3. The normalized spacial score (nSPS) is 34.7. The molecule has 24 atom stereocenters. The molecule has 0 radical (unpaired) electrons. The van der Waals surface area contributed by atoms with Gasteiger partial charge in [0.2, 0.25) is 11.8 Å². The second-order valence-electron chi connectivity index (χ2n) is 24.9. The summed E-state index contributed by atoms with van der Waals surface area (Å²) in [6, 6.07) is -0.706. The molecule has 3 saturated heterocycles. The molecule has 95 heavy (non-hydrogen) atoms. The molecule has 34 heteroatoms. The Morgan fingerprint density at radius 3 is 1.88 bits per heavy atom. The molecule has 526 valence electrons. The Labute approximate surface area is 540 Å². The van der Waals surface area contributed by atoms with Gasteiger partial charge in [0.15, 0.2) is 54.1 Å². The molecular formula is C61H81F5N8O21. The smallest absolute Gasteiger partial charge is 0.332 e. The van der Waals surface area contributed by atoms with Crippen LogP contribution in [0, 0.1) is 53.8 Å². The van der Waals surface area contributed by atoms with E-state index < -0.39 is 206 Å². The van der Waals surface area contributed by atoms with Crippen LogP contribution in [0.1, 0.15) is 103 Å². The summed E-state index contributed by atoms with van der Waals surface area (Å²) in [6.07, 6.45) is -25.4. The summed E-state index contributed by atoms with van der Waals surface area (Å²) in [4.78, 5) is 54.1. The number of aliphatic hydroxyl groups excluding tert-OH is 9. The summed E-state index contributed by atoms with van der Waals surface area (Å²) in [7, 11) is 0. The van der Waals surface area contributed by atoms with Crippen molar-refractivity contribution in [2.24, 2.45) is 17.8 Å². The maximum atomic E-state index is 14.5. The number of ether oxygens (including phenoxy) is 7. The molecule has 4 aromatic rings. The Morgan fingerprint density at radius 2 is 1.26 bits per heavy atom. The van der Waals surface area contributed by atoms with Gasteiger partial charge < -0.3 is 94.9 Å². The van der Waals surface area contributed by atoms with Crippen molar-refractivity contribution in [2.75, 3.05) is 19.8 Å². The fraction of sp³-hybridized carbons (Fsp3) is 0.672. The Bertz CT molecular complexity index is 3260. The van der Waals surface area contributed by atoms with Gasteiger partial charge in [0, 0.05) is 42.9 Å². The minimum atomic E-state index is -1.89. The first kappa shape index (κ1) is 73.1. The number of amides is 2. The second kappa shape index (κ2) is 31.6. The van der Waals surface area contributed by atoms with Gasteiger partial charge in [-0.2, -0.15) is 0 Å². The SMILES string of the molecule is CCC[C@H](OC1C(NC(C)=O)[C@H](O[C@@H]2CC(C(=O)CCCNC(=O)[C@H]3CC(n4cc(-c5cc(F)c(F)c(F)c5)nn4)C(O)[C@H](O[C@@H]4OC(CO)[C@H](O)[C@@H](n5cc(-c6cc(C)c(F)c(F)c6)nn5)C4O)C3)C[C@@H](CC)C2O[C@@H]2OC(C)[C@@H](O)[C@H](O)C2O)O[C@@H](CO)[C@@H]1O)C(=O)O. The van der Waals surface area contributed by atoms with E-state index in [2.05, 4.69) is 31.3 Å². The molecule has 9 rings (SSSR count). The van der Waals surface area contributed by atoms with Crippen molar-refractivity contribution < 1.29 is 125 Å². The van der Waals surface area contributed by atoms with Gasteiger partial charge >= 0.3 is 5.97 Å². The highest BCUT2D eigenvalue weighted by Gasteiger charge is 2.54. The van der Waals surface area contributed by atoms with Crippen molar-refractivity contribution in [3.63, 3.8) is 0 Å². The lowest BCUT2D eigenvalue weighted by Crippen LogP contribution is -2.67.